The number of phosphoric acid groups is 1. The molecule has 6 atom stereocenters. The molecule has 0 spiro atoms. The lowest BCUT2D eigenvalue weighted by atomic mass is 10.0. The number of thioether (sulfide) groups is 1. The maximum absolute atomic E-state index is 13.1. The molecule has 0 radical (unpaired) electrons. The Bertz CT molecular complexity index is 1910. The molecule has 4 rings (SSSR count). The highest BCUT2D eigenvalue weighted by atomic mass is 32.2. The Morgan fingerprint density at radius 2 is 1.09 bits per heavy atom. The van der Waals surface area contributed by atoms with Crippen molar-refractivity contribution in [2.45, 2.75) is 230 Å². The lowest BCUT2D eigenvalue weighted by Crippen LogP contribution is -2.29. The summed E-state index contributed by atoms with van der Waals surface area (Å²) in [7, 11) is -4.73. The smallest absolute Gasteiger partial charge is 0.394 e. The minimum atomic E-state index is -4.73. The van der Waals surface area contributed by atoms with Crippen molar-refractivity contribution < 1.29 is 42.7 Å². The Morgan fingerprint density at radius 3 is 1.50 bits per heavy atom. The van der Waals surface area contributed by atoms with Gasteiger partial charge in [0.2, 0.25) is 11.8 Å². The lowest BCUT2D eigenvalue weighted by Gasteiger charge is -2.21. The molecule has 0 aromatic carbocycles. The zero-order chi connectivity index (χ0) is 48.8. The van der Waals surface area contributed by atoms with Gasteiger partial charge < -0.3 is 30.1 Å². The number of anilines is 2. The molecule has 386 valence electrons. The number of carbonyl (C=O) groups is 2. The van der Waals surface area contributed by atoms with E-state index in [-0.39, 0.29) is 36.5 Å². The van der Waals surface area contributed by atoms with Gasteiger partial charge in [-0.2, -0.15) is 9.97 Å². The molecule has 2 aromatic rings. The number of rotatable bonds is 38. The standard InChI is InChI=1S/C49H83N6O11PS/c1-3-5-7-9-11-13-15-17-19-21-23-25-27-29-43(57)50-41-31-33-54(48(59)52-41)45-35-39(40(36-56)64-45)66-67(61,62)63-37-47-65-46(38-68-47)55-34-32-42(53-49(55)60)51-44(58)30-28-26-24-22-20-18-16-14-12-10-8-6-4-2/h31-34,39-40,45-47,56H,3-30,35-38H2,1-2H3,(H,61,62)(H,50,52,57,59)(H,51,53,58,60)/t39-,40+,45+,46+,47-/m0/s1. The van der Waals surface area contributed by atoms with Crippen LogP contribution in [0.4, 0.5) is 11.6 Å². The highest BCUT2D eigenvalue weighted by molar-refractivity contribution is 8.00. The zero-order valence-electron chi connectivity index (χ0n) is 41.0. The van der Waals surface area contributed by atoms with E-state index in [2.05, 4.69) is 34.4 Å². The van der Waals surface area contributed by atoms with Crippen LogP contribution in [-0.2, 0) is 32.7 Å². The quantitative estimate of drug-likeness (QED) is 0.0363. The normalized spacial score (nSPS) is 20.1. The van der Waals surface area contributed by atoms with Crippen molar-refractivity contribution in [1.29, 1.82) is 0 Å². The first-order valence-corrected chi connectivity index (χ1v) is 28.5. The third kappa shape index (κ3) is 22.9. The van der Waals surface area contributed by atoms with Gasteiger partial charge in [0.15, 0.2) is 0 Å². The Labute approximate surface area is 408 Å². The van der Waals surface area contributed by atoms with Crippen LogP contribution in [0.15, 0.2) is 34.1 Å². The third-order valence-electron chi connectivity index (χ3n) is 12.6. The summed E-state index contributed by atoms with van der Waals surface area (Å²) in [6.07, 6.45) is 31.3. The maximum Gasteiger partial charge on any atom is 0.472 e. The third-order valence-corrected chi connectivity index (χ3v) is 14.7. The molecule has 68 heavy (non-hydrogen) atoms. The van der Waals surface area contributed by atoms with Gasteiger partial charge in [0.1, 0.15) is 41.7 Å². The summed E-state index contributed by atoms with van der Waals surface area (Å²) in [5, 5.41) is 15.4. The van der Waals surface area contributed by atoms with Crippen molar-refractivity contribution in [1.82, 2.24) is 19.1 Å². The molecule has 2 aliphatic rings. The second kappa shape index (κ2) is 33.6. The average molecular weight is 995 g/mol. The number of unbranched alkanes of at least 4 members (excludes halogenated alkanes) is 24. The van der Waals surface area contributed by atoms with Gasteiger partial charge in [-0.1, -0.05) is 168 Å². The average Bonchev–Trinajstić information content (AvgIpc) is 3.95. The largest absolute Gasteiger partial charge is 0.472 e. The van der Waals surface area contributed by atoms with Gasteiger partial charge in [0.05, 0.1) is 13.2 Å². The fraction of sp³-hybridized carbons (Fsp3) is 0.796. The molecule has 0 bridgehead atoms. The molecule has 2 aromatic heterocycles. The monoisotopic (exact) mass is 995 g/mol. The predicted octanol–water partition coefficient (Wildman–Crippen LogP) is 10.7. The van der Waals surface area contributed by atoms with Crippen molar-refractivity contribution in [3.05, 3.63) is 45.5 Å². The lowest BCUT2D eigenvalue weighted by molar-refractivity contribution is -0.117. The molecule has 2 fully saturated rings. The number of hydrogen-bond donors (Lipinski definition) is 4. The van der Waals surface area contributed by atoms with Gasteiger partial charge in [-0.05, 0) is 25.0 Å². The second-order valence-electron chi connectivity index (χ2n) is 18.4. The molecule has 19 heteroatoms. The van der Waals surface area contributed by atoms with Crippen molar-refractivity contribution >= 4 is 43.0 Å². The molecule has 4 N–H and O–H groups in total. The molecule has 0 saturated carbocycles. The Hall–Kier alpha value is -2.96. The van der Waals surface area contributed by atoms with E-state index in [0.717, 1.165) is 38.5 Å². The van der Waals surface area contributed by atoms with E-state index in [9.17, 15) is 33.7 Å². The van der Waals surface area contributed by atoms with Crippen LogP contribution in [0, 0.1) is 0 Å². The molecule has 4 heterocycles. The van der Waals surface area contributed by atoms with Crippen molar-refractivity contribution in [2.24, 2.45) is 0 Å². The van der Waals surface area contributed by atoms with Crippen molar-refractivity contribution in [3.8, 4) is 0 Å². The van der Waals surface area contributed by atoms with Crippen LogP contribution < -0.4 is 22.0 Å². The van der Waals surface area contributed by atoms with E-state index in [1.54, 1.807) is 0 Å². The zero-order valence-corrected chi connectivity index (χ0v) is 42.7. The summed E-state index contributed by atoms with van der Waals surface area (Å²) in [6.45, 7) is 3.55. The van der Waals surface area contributed by atoms with Gasteiger partial charge in [0.25, 0.3) is 0 Å². The van der Waals surface area contributed by atoms with E-state index in [0.29, 0.717) is 18.6 Å². The Kier molecular flexibility index (Phi) is 28.5. The Morgan fingerprint density at radius 1 is 0.676 bits per heavy atom. The van der Waals surface area contributed by atoms with Crippen molar-refractivity contribution in [2.75, 3.05) is 29.6 Å². The number of nitrogens with zero attached hydrogens (tertiary/aromatic N) is 4. The fourth-order valence-corrected chi connectivity index (χ4v) is 10.6. The van der Waals surface area contributed by atoms with Gasteiger partial charge in [-0.25, -0.2) is 14.2 Å². The number of ether oxygens (including phenoxy) is 2. The molecule has 1 unspecified atom stereocenters. The van der Waals surface area contributed by atoms with E-state index in [4.69, 9.17) is 18.5 Å². The second-order valence-corrected chi connectivity index (χ2v) is 21.0. The molecule has 2 aliphatic heterocycles. The van der Waals surface area contributed by atoms with Crippen LogP contribution in [0.1, 0.15) is 213 Å². The Balaban J connectivity index is 1.09. The fourth-order valence-electron chi connectivity index (χ4n) is 8.60. The van der Waals surface area contributed by atoms with Gasteiger partial charge in [-0.3, -0.25) is 27.8 Å². The van der Waals surface area contributed by atoms with Crippen molar-refractivity contribution in [3.63, 3.8) is 0 Å². The van der Waals surface area contributed by atoms with Crippen LogP contribution in [0.5, 0.6) is 0 Å². The minimum absolute atomic E-state index is 0.0754. The van der Waals surface area contributed by atoms with Gasteiger partial charge >= 0.3 is 19.2 Å². The first-order chi connectivity index (χ1) is 33.0. The first-order valence-electron chi connectivity index (χ1n) is 26.0. The SMILES string of the molecule is CCCCCCCCCCCCCCCC(=O)Nc1ccn([C@H]2CS[C@@H](COP(=O)(O)O[C@H]3C[C@H](n4ccc(NC(=O)CCCCCCCCCCCCCCC)nc4=O)O[C@@H]3CO)O2)c(=O)n1. The summed E-state index contributed by atoms with van der Waals surface area (Å²) in [6, 6.07) is 3.00. The van der Waals surface area contributed by atoms with Crippen LogP contribution >= 0.6 is 19.6 Å². The highest BCUT2D eigenvalue weighted by Crippen LogP contribution is 2.49. The van der Waals surface area contributed by atoms with Gasteiger partial charge in [0, 0.05) is 37.4 Å². The number of amides is 2. The van der Waals surface area contributed by atoms with Crippen LogP contribution in [0.2, 0.25) is 0 Å². The number of aliphatic hydroxyl groups excluding tert-OH is 1. The van der Waals surface area contributed by atoms with Crippen LogP contribution in [0.25, 0.3) is 0 Å². The molecule has 0 aliphatic carbocycles. The number of nitrogens with one attached hydrogen (secondary N) is 2. The molecule has 17 nitrogen and oxygen atoms in total. The predicted molar refractivity (Wildman–Crippen MR) is 268 cm³/mol. The molecular weight excluding hydrogens is 912 g/mol. The number of aliphatic hydroxyl groups is 1. The van der Waals surface area contributed by atoms with Gasteiger partial charge in [-0.15, -0.1) is 11.8 Å². The van der Waals surface area contributed by atoms with E-state index in [1.165, 1.54) is 174 Å². The molecule has 2 saturated heterocycles. The maximum atomic E-state index is 13.1. The number of hydrogen-bond acceptors (Lipinski definition) is 13. The highest BCUT2D eigenvalue weighted by Gasteiger charge is 2.42. The number of phosphoric ester groups is 1. The number of carbonyl (C=O) groups excluding carboxylic acids is 2. The topological polar surface area (TPSA) is 222 Å². The summed E-state index contributed by atoms with van der Waals surface area (Å²) in [5.41, 5.74) is -2.06. The molecule has 2 amide bonds. The van der Waals surface area contributed by atoms with E-state index >= 15 is 0 Å². The first kappa shape index (κ1) is 57.6. The number of aromatic nitrogens is 4. The van der Waals surface area contributed by atoms with E-state index in [1.807, 2.05) is 0 Å². The summed E-state index contributed by atoms with van der Waals surface area (Å²) in [5.74, 6) is 0.171. The summed E-state index contributed by atoms with van der Waals surface area (Å²) >= 11 is 1.27. The van der Waals surface area contributed by atoms with E-state index < -0.39 is 55.9 Å². The van der Waals surface area contributed by atoms with Crippen LogP contribution in [-0.4, -0.2) is 77.5 Å². The summed E-state index contributed by atoms with van der Waals surface area (Å²) < 4.78 is 37.9. The molecular formula is C49H83N6O11PS. The minimum Gasteiger partial charge on any atom is -0.394 e. The summed E-state index contributed by atoms with van der Waals surface area (Å²) in [4.78, 5) is 69.6. The van der Waals surface area contributed by atoms with Crippen LogP contribution in [0.3, 0.4) is 0 Å².